The molecule has 0 saturated carbocycles. The number of rotatable bonds is 5. The van der Waals surface area contributed by atoms with Gasteiger partial charge in [0, 0.05) is 17.3 Å². The van der Waals surface area contributed by atoms with Gasteiger partial charge in [-0.15, -0.1) is 0 Å². The fraction of sp³-hybridized carbons (Fsp3) is 0.417. The molecule has 1 rings (SSSR count). The first-order chi connectivity index (χ1) is 7.97. The summed E-state index contributed by atoms with van der Waals surface area (Å²) in [5, 5.41) is 12.6. The molecule has 0 bridgehead atoms. The third-order valence-electron chi connectivity index (χ3n) is 2.12. The molecule has 94 valence electrons. The van der Waals surface area contributed by atoms with Gasteiger partial charge >= 0.3 is 0 Å². The molecule has 1 aromatic carbocycles. The third kappa shape index (κ3) is 5.68. The molecular formula is C12H17ClN2O2. The monoisotopic (exact) mass is 256 g/mol. The molecule has 17 heavy (non-hydrogen) atoms. The Morgan fingerprint density at radius 3 is 2.59 bits per heavy atom. The maximum atomic E-state index is 11.6. The second-order valence-corrected chi connectivity index (χ2v) is 4.54. The summed E-state index contributed by atoms with van der Waals surface area (Å²) in [7, 11) is 1.79. The Bertz CT molecular complexity index is 365. The highest BCUT2D eigenvalue weighted by atomic mass is 35.5. The van der Waals surface area contributed by atoms with Crippen LogP contribution in [0.2, 0.25) is 5.02 Å². The minimum atomic E-state index is -0.441. The molecule has 0 heterocycles. The van der Waals surface area contributed by atoms with Gasteiger partial charge in [0.2, 0.25) is 5.91 Å². The summed E-state index contributed by atoms with van der Waals surface area (Å²) in [6, 6.07) is 6.93. The number of benzene rings is 1. The highest BCUT2D eigenvalue weighted by Gasteiger charge is 2.08. The van der Waals surface area contributed by atoms with Gasteiger partial charge in [0.25, 0.3) is 0 Å². The highest BCUT2D eigenvalue weighted by molar-refractivity contribution is 6.30. The third-order valence-corrected chi connectivity index (χ3v) is 2.37. The standard InChI is InChI=1S/C12H17ClN2O2/c1-9(16)7-15(2)8-12(17)14-11-5-3-10(13)4-6-11/h3-6,9,16H,7-8H2,1-2H3,(H,14,17). The van der Waals surface area contributed by atoms with Crippen LogP contribution in [0.25, 0.3) is 0 Å². The average molecular weight is 257 g/mol. The zero-order valence-electron chi connectivity index (χ0n) is 9.98. The van der Waals surface area contributed by atoms with E-state index in [-0.39, 0.29) is 12.5 Å². The van der Waals surface area contributed by atoms with Gasteiger partial charge in [-0.1, -0.05) is 11.6 Å². The summed E-state index contributed by atoms with van der Waals surface area (Å²) in [5.74, 6) is -0.115. The maximum absolute atomic E-state index is 11.6. The summed E-state index contributed by atoms with van der Waals surface area (Å²) >= 11 is 5.74. The summed E-state index contributed by atoms with van der Waals surface area (Å²) < 4.78 is 0. The Morgan fingerprint density at radius 2 is 2.06 bits per heavy atom. The van der Waals surface area contributed by atoms with Crippen LogP contribution in [0.3, 0.4) is 0 Å². The van der Waals surface area contributed by atoms with E-state index >= 15 is 0 Å². The summed E-state index contributed by atoms with van der Waals surface area (Å²) in [5.41, 5.74) is 0.713. The lowest BCUT2D eigenvalue weighted by atomic mass is 10.3. The first-order valence-corrected chi connectivity index (χ1v) is 5.77. The molecule has 0 radical (unpaired) electrons. The van der Waals surface area contributed by atoms with Gasteiger partial charge in [0.15, 0.2) is 0 Å². The molecule has 5 heteroatoms. The smallest absolute Gasteiger partial charge is 0.238 e. The van der Waals surface area contributed by atoms with Gasteiger partial charge in [-0.25, -0.2) is 0 Å². The molecule has 0 aromatic heterocycles. The van der Waals surface area contributed by atoms with Gasteiger partial charge in [-0.2, -0.15) is 0 Å². The van der Waals surface area contributed by atoms with Crippen LogP contribution in [0, 0.1) is 0 Å². The van der Waals surface area contributed by atoms with Gasteiger partial charge < -0.3 is 10.4 Å². The van der Waals surface area contributed by atoms with Crippen LogP contribution in [0.15, 0.2) is 24.3 Å². The number of likely N-dealkylation sites (N-methyl/N-ethyl adjacent to an activating group) is 1. The fourth-order valence-electron chi connectivity index (χ4n) is 1.49. The summed E-state index contributed by atoms with van der Waals surface area (Å²) in [6.45, 7) is 2.40. The topological polar surface area (TPSA) is 52.6 Å². The van der Waals surface area contributed by atoms with Crippen molar-refractivity contribution in [3.05, 3.63) is 29.3 Å². The van der Waals surface area contributed by atoms with Crippen LogP contribution in [0.4, 0.5) is 5.69 Å². The van der Waals surface area contributed by atoms with Crippen molar-refractivity contribution in [3.8, 4) is 0 Å². The predicted molar refractivity (Wildman–Crippen MR) is 69.3 cm³/mol. The van der Waals surface area contributed by atoms with E-state index in [1.807, 2.05) is 0 Å². The summed E-state index contributed by atoms with van der Waals surface area (Å²) in [4.78, 5) is 13.4. The molecule has 0 fully saturated rings. The van der Waals surface area contributed by atoms with E-state index in [2.05, 4.69) is 5.32 Å². The number of aliphatic hydroxyl groups is 1. The zero-order chi connectivity index (χ0) is 12.8. The molecule has 0 aliphatic heterocycles. The van der Waals surface area contributed by atoms with Crippen molar-refractivity contribution in [1.82, 2.24) is 4.90 Å². The van der Waals surface area contributed by atoms with Crippen LogP contribution >= 0.6 is 11.6 Å². The van der Waals surface area contributed by atoms with E-state index in [9.17, 15) is 4.79 Å². The Labute approximate surface area is 106 Å². The number of carbonyl (C=O) groups is 1. The molecule has 1 aromatic rings. The Kier molecular flexibility index (Phi) is 5.41. The lowest BCUT2D eigenvalue weighted by Gasteiger charge is -2.17. The van der Waals surface area contributed by atoms with Crippen molar-refractivity contribution in [1.29, 1.82) is 0 Å². The lowest BCUT2D eigenvalue weighted by molar-refractivity contribution is -0.117. The number of hydrogen-bond acceptors (Lipinski definition) is 3. The van der Waals surface area contributed by atoms with Crippen LogP contribution < -0.4 is 5.32 Å². The Balaban J connectivity index is 2.41. The second kappa shape index (κ2) is 6.59. The average Bonchev–Trinajstić information content (AvgIpc) is 2.19. The highest BCUT2D eigenvalue weighted by Crippen LogP contribution is 2.13. The van der Waals surface area contributed by atoms with Gasteiger partial charge in [-0.05, 0) is 38.2 Å². The summed E-state index contributed by atoms with van der Waals surface area (Å²) in [6.07, 6.45) is -0.441. The Hall–Kier alpha value is -1.10. The molecule has 2 N–H and O–H groups in total. The molecule has 1 amide bonds. The number of hydrogen-bond donors (Lipinski definition) is 2. The van der Waals surface area contributed by atoms with Gasteiger partial charge in [0.05, 0.1) is 12.6 Å². The minimum absolute atomic E-state index is 0.115. The molecule has 0 aliphatic carbocycles. The number of halogens is 1. The normalized spacial score (nSPS) is 12.5. The first-order valence-electron chi connectivity index (χ1n) is 5.39. The van der Waals surface area contributed by atoms with E-state index in [0.29, 0.717) is 17.3 Å². The van der Waals surface area contributed by atoms with Crippen molar-refractivity contribution < 1.29 is 9.90 Å². The molecule has 0 spiro atoms. The maximum Gasteiger partial charge on any atom is 0.238 e. The van der Waals surface area contributed by atoms with E-state index < -0.39 is 6.10 Å². The van der Waals surface area contributed by atoms with Crippen LogP contribution in [-0.2, 0) is 4.79 Å². The van der Waals surface area contributed by atoms with E-state index in [4.69, 9.17) is 16.7 Å². The number of amides is 1. The molecule has 0 saturated heterocycles. The SMILES string of the molecule is CC(O)CN(C)CC(=O)Nc1ccc(Cl)cc1. The second-order valence-electron chi connectivity index (χ2n) is 4.10. The van der Waals surface area contributed by atoms with Gasteiger partial charge in [-0.3, -0.25) is 9.69 Å². The quantitative estimate of drug-likeness (QED) is 0.841. The van der Waals surface area contributed by atoms with Gasteiger partial charge in [0.1, 0.15) is 0 Å². The van der Waals surface area contributed by atoms with Crippen molar-refractivity contribution in [2.24, 2.45) is 0 Å². The molecule has 1 unspecified atom stereocenters. The number of carbonyl (C=O) groups excluding carboxylic acids is 1. The lowest BCUT2D eigenvalue weighted by Crippen LogP contribution is -2.34. The zero-order valence-corrected chi connectivity index (χ0v) is 10.7. The molecular weight excluding hydrogens is 240 g/mol. The fourth-order valence-corrected chi connectivity index (χ4v) is 1.62. The van der Waals surface area contributed by atoms with Crippen molar-refractivity contribution >= 4 is 23.2 Å². The van der Waals surface area contributed by atoms with Crippen LogP contribution in [-0.4, -0.2) is 42.2 Å². The van der Waals surface area contributed by atoms with Crippen LogP contribution in [0.1, 0.15) is 6.92 Å². The van der Waals surface area contributed by atoms with Crippen molar-refractivity contribution in [3.63, 3.8) is 0 Å². The largest absolute Gasteiger partial charge is 0.392 e. The van der Waals surface area contributed by atoms with Crippen molar-refractivity contribution in [2.45, 2.75) is 13.0 Å². The number of aliphatic hydroxyl groups excluding tert-OH is 1. The Morgan fingerprint density at radius 1 is 1.47 bits per heavy atom. The van der Waals surface area contributed by atoms with E-state index in [0.717, 1.165) is 0 Å². The molecule has 1 atom stereocenters. The molecule has 0 aliphatic rings. The molecule has 4 nitrogen and oxygen atoms in total. The number of anilines is 1. The predicted octanol–water partition coefficient (Wildman–Crippen LogP) is 1.59. The minimum Gasteiger partial charge on any atom is -0.392 e. The number of nitrogens with zero attached hydrogens (tertiary/aromatic N) is 1. The number of nitrogens with one attached hydrogen (secondary N) is 1. The van der Waals surface area contributed by atoms with E-state index in [1.165, 1.54) is 0 Å². The van der Waals surface area contributed by atoms with E-state index in [1.54, 1.807) is 43.1 Å². The van der Waals surface area contributed by atoms with Crippen LogP contribution in [0.5, 0.6) is 0 Å². The van der Waals surface area contributed by atoms with Crippen molar-refractivity contribution in [2.75, 3.05) is 25.5 Å². The first kappa shape index (κ1) is 14.0.